The minimum Gasteiger partial charge on any atom is -0.451 e. The maximum absolute atomic E-state index is 12.2. The molecule has 0 aliphatic heterocycles. The van der Waals surface area contributed by atoms with Crippen molar-refractivity contribution in [1.29, 1.82) is 5.26 Å². The molecule has 0 aliphatic carbocycles. The van der Waals surface area contributed by atoms with Gasteiger partial charge in [0, 0.05) is 12.0 Å². The molecule has 0 bridgehead atoms. The van der Waals surface area contributed by atoms with Gasteiger partial charge in [0.1, 0.15) is 0 Å². The molecule has 0 aliphatic rings. The first-order valence-corrected chi connectivity index (χ1v) is 6.31. The van der Waals surface area contributed by atoms with Crippen LogP contribution in [0.2, 0.25) is 0 Å². The molecule has 0 aromatic heterocycles. The summed E-state index contributed by atoms with van der Waals surface area (Å²) in [6.07, 6.45) is 12.3. The van der Waals surface area contributed by atoms with Crippen molar-refractivity contribution in [2.24, 2.45) is 5.41 Å². The summed E-state index contributed by atoms with van der Waals surface area (Å²) < 4.78 is 4.95. The maximum atomic E-state index is 12.2. The number of carbonyl (C=O) groups is 1. The Labute approximate surface area is 125 Å². The first-order valence-electron chi connectivity index (χ1n) is 6.31. The van der Waals surface area contributed by atoms with Crippen LogP contribution in [0.5, 0.6) is 0 Å². The van der Waals surface area contributed by atoms with Crippen molar-refractivity contribution in [2.75, 3.05) is 6.61 Å². The highest BCUT2D eigenvalue weighted by molar-refractivity contribution is 5.81. The van der Waals surface area contributed by atoms with Crippen molar-refractivity contribution in [3.8, 4) is 30.8 Å². The van der Waals surface area contributed by atoms with Crippen molar-refractivity contribution in [3.05, 3.63) is 48.0 Å². The highest BCUT2D eigenvalue weighted by Gasteiger charge is 2.40. The van der Waals surface area contributed by atoms with Crippen LogP contribution in [0.4, 0.5) is 0 Å². The largest absolute Gasteiger partial charge is 0.451 e. The minimum atomic E-state index is -1.37. The molecule has 1 unspecified atom stereocenters. The van der Waals surface area contributed by atoms with E-state index in [1.807, 2.05) is 6.07 Å². The monoisotopic (exact) mass is 277 g/mol. The Morgan fingerprint density at radius 3 is 2.71 bits per heavy atom. The van der Waals surface area contributed by atoms with Gasteiger partial charge in [-0.2, -0.15) is 5.26 Å². The van der Waals surface area contributed by atoms with Crippen molar-refractivity contribution >= 4 is 5.97 Å². The second kappa shape index (κ2) is 7.59. The SMILES string of the molecule is C#CCOC(=O)C(C#N)(CC=C)Cc1ccccc1C#C. The van der Waals surface area contributed by atoms with Gasteiger partial charge < -0.3 is 4.74 Å². The van der Waals surface area contributed by atoms with E-state index >= 15 is 0 Å². The number of terminal acetylenes is 2. The fourth-order valence-electron chi connectivity index (χ4n) is 1.99. The van der Waals surface area contributed by atoms with E-state index in [4.69, 9.17) is 17.6 Å². The Morgan fingerprint density at radius 2 is 2.14 bits per heavy atom. The maximum Gasteiger partial charge on any atom is 0.328 e. The van der Waals surface area contributed by atoms with Crippen LogP contribution in [0.25, 0.3) is 0 Å². The molecule has 3 nitrogen and oxygen atoms in total. The van der Waals surface area contributed by atoms with E-state index in [1.54, 1.807) is 24.3 Å². The topological polar surface area (TPSA) is 50.1 Å². The first kappa shape index (κ1) is 16.1. The summed E-state index contributed by atoms with van der Waals surface area (Å²) in [5.74, 6) is 4.10. The van der Waals surface area contributed by atoms with Crippen LogP contribution in [0, 0.1) is 41.4 Å². The van der Waals surface area contributed by atoms with Crippen LogP contribution in [0.1, 0.15) is 17.5 Å². The van der Waals surface area contributed by atoms with Crippen LogP contribution < -0.4 is 0 Å². The average Bonchev–Trinajstić information content (AvgIpc) is 2.52. The Hall–Kier alpha value is -2.96. The quantitative estimate of drug-likeness (QED) is 0.456. The van der Waals surface area contributed by atoms with E-state index in [2.05, 4.69) is 18.4 Å². The second-order valence-electron chi connectivity index (χ2n) is 4.45. The third kappa shape index (κ3) is 3.75. The molecular formula is C18H15NO2. The highest BCUT2D eigenvalue weighted by Crippen LogP contribution is 2.30. The van der Waals surface area contributed by atoms with Gasteiger partial charge in [0.2, 0.25) is 0 Å². The standard InChI is InChI=1S/C18H15NO2/c1-4-11-18(14-19,17(20)21-12-5-2)13-16-10-8-7-9-15(16)6-3/h2-4,7-10H,1,11-13H2. The Balaban J connectivity index is 3.18. The van der Waals surface area contributed by atoms with Crippen molar-refractivity contribution < 1.29 is 9.53 Å². The number of hydrogen-bond acceptors (Lipinski definition) is 3. The molecule has 0 heterocycles. The van der Waals surface area contributed by atoms with Gasteiger partial charge in [0.15, 0.2) is 12.0 Å². The molecule has 21 heavy (non-hydrogen) atoms. The fourth-order valence-corrected chi connectivity index (χ4v) is 1.99. The molecular weight excluding hydrogens is 262 g/mol. The Kier molecular flexibility index (Phi) is 5.81. The molecule has 0 saturated heterocycles. The van der Waals surface area contributed by atoms with E-state index in [0.29, 0.717) is 5.56 Å². The van der Waals surface area contributed by atoms with E-state index in [1.165, 1.54) is 6.08 Å². The van der Waals surface area contributed by atoms with E-state index in [9.17, 15) is 10.1 Å². The van der Waals surface area contributed by atoms with Crippen LogP contribution in [-0.2, 0) is 16.0 Å². The van der Waals surface area contributed by atoms with E-state index < -0.39 is 11.4 Å². The summed E-state index contributed by atoms with van der Waals surface area (Å²) in [4.78, 5) is 12.2. The normalized spacial score (nSPS) is 12.0. The summed E-state index contributed by atoms with van der Waals surface area (Å²) in [5, 5.41) is 9.50. The van der Waals surface area contributed by atoms with Gasteiger partial charge in [-0.15, -0.1) is 19.4 Å². The molecule has 0 saturated carbocycles. The smallest absolute Gasteiger partial charge is 0.328 e. The van der Waals surface area contributed by atoms with Crippen molar-refractivity contribution in [1.82, 2.24) is 0 Å². The number of nitrogens with zero attached hydrogens (tertiary/aromatic N) is 1. The van der Waals surface area contributed by atoms with E-state index in [-0.39, 0.29) is 19.4 Å². The number of rotatable bonds is 6. The van der Waals surface area contributed by atoms with Crippen molar-refractivity contribution in [2.45, 2.75) is 12.8 Å². The molecule has 0 amide bonds. The van der Waals surface area contributed by atoms with Gasteiger partial charge in [-0.05, 0) is 18.1 Å². The third-order valence-electron chi connectivity index (χ3n) is 3.05. The third-order valence-corrected chi connectivity index (χ3v) is 3.05. The number of esters is 1. The molecule has 104 valence electrons. The molecule has 1 aromatic rings. The molecule has 1 atom stereocenters. The van der Waals surface area contributed by atoms with Crippen LogP contribution in [0.15, 0.2) is 36.9 Å². The number of hydrogen-bond donors (Lipinski definition) is 0. The molecule has 1 aromatic carbocycles. The van der Waals surface area contributed by atoms with Crippen LogP contribution >= 0.6 is 0 Å². The molecule has 0 fully saturated rings. The molecule has 0 spiro atoms. The molecule has 3 heteroatoms. The number of ether oxygens (including phenoxy) is 1. The number of carbonyl (C=O) groups excluding carboxylic acids is 1. The second-order valence-corrected chi connectivity index (χ2v) is 4.45. The lowest BCUT2D eigenvalue weighted by atomic mass is 9.79. The summed E-state index contributed by atoms with van der Waals surface area (Å²) >= 11 is 0. The summed E-state index contributed by atoms with van der Waals surface area (Å²) in [7, 11) is 0. The average molecular weight is 277 g/mol. The zero-order chi connectivity index (χ0) is 15.7. The fraction of sp³-hybridized carbons (Fsp3) is 0.222. The van der Waals surface area contributed by atoms with Gasteiger partial charge in [-0.25, -0.2) is 0 Å². The highest BCUT2D eigenvalue weighted by atomic mass is 16.5. The molecule has 1 rings (SSSR count). The lowest BCUT2D eigenvalue weighted by molar-refractivity contribution is -0.150. The first-order chi connectivity index (χ1) is 10.1. The van der Waals surface area contributed by atoms with Gasteiger partial charge in [-0.3, -0.25) is 4.79 Å². The van der Waals surface area contributed by atoms with E-state index in [0.717, 1.165) is 5.56 Å². The van der Waals surface area contributed by atoms with Gasteiger partial charge in [0.05, 0.1) is 6.07 Å². The lowest BCUT2D eigenvalue weighted by Gasteiger charge is -2.23. The Morgan fingerprint density at radius 1 is 1.43 bits per heavy atom. The Bertz CT molecular complexity index is 655. The molecule has 0 N–H and O–H groups in total. The number of allylic oxidation sites excluding steroid dienone is 1. The van der Waals surface area contributed by atoms with Crippen molar-refractivity contribution in [3.63, 3.8) is 0 Å². The zero-order valence-corrected chi connectivity index (χ0v) is 11.6. The van der Waals surface area contributed by atoms with Gasteiger partial charge in [0.25, 0.3) is 0 Å². The predicted molar refractivity (Wildman–Crippen MR) is 80.7 cm³/mol. The van der Waals surface area contributed by atoms with Crippen LogP contribution in [0.3, 0.4) is 0 Å². The zero-order valence-electron chi connectivity index (χ0n) is 11.6. The predicted octanol–water partition coefficient (Wildman–Crippen LogP) is 2.47. The van der Waals surface area contributed by atoms with Crippen LogP contribution in [-0.4, -0.2) is 12.6 Å². The van der Waals surface area contributed by atoms with Gasteiger partial charge in [-0.1, -0.05) is 36.1 Å². The number of nitriles is 1. The minimum absolute atomic E-state index is 0.152. The summed E-state index contributed by atoms with van der Waals surface area (Å²) in [6.45, 7) is 3.43. The summed E-state index contributed by atoms with van der Waals surface area (Å²) in [6, 6.07) is 9.20. The lowest BCUT2D eigenvalue weighted by Crippen LogP contribution is -2.34. The van der Waals surface area contributed by atoms with Gasteiger partial charge >= 0.3 is 5.97 Å². The molecule has 0 radical (unpaired) electrons. The summed E-state index contributed by atoms with van der Waals surface area (Å²) in [5.41, 5.74) is 0.0120. The number of benzene rings is 1.